The lowest BCUT2D eigenvalue weighted by atomic mass is 10.2. The molecule has 1 saturated carbocycles. The predicted octanol–water partition coefficient (Wildman–Crippen LogP) is 1.34. The molecular formula is C16H20N2O4. The minimum atomic E-state index is -0.117. The highest BCUT2D eigenvalue weighted by atomic mass is 16.5. The SMILES string of the molecule is COc1ccc(N2C[C@H](NC(=O)C3CC3)CC2=O)cc1OC. The zero-order valence-electron chi connectivity index (χ0n) is 12.8. The second-order valence-corrected chi connectivity index (χ2v) is 5.73. The summed E-state index contributed by atoms with van der Waals surface area (Å²) in [4.78, 5) is 25.7. The van der Waals surface area contributed by atoms with E-state index in [1.54, 1.807) is 31.3 Å². The van der Waals surface area contributed by atoms with Gasteiger partial charge in [-0.15, -0.1) is 0 Å². The number of amides is 2. The highest BCUT2D eigenvalue weighted by Gasteiger charge is 2.36. The van der Waals surface area contributed by atoms with Crippen LogP contribution in [0, 0.1) is 5.92 Å². The Morgan fingerprint density at radius 2 is 1.95 bits per heavy atom. The number of benzene rings is 1. The summed E-state index contributed by atoms with van der Waals surface area (Å²) < 4.78 is 10.5. The molecule has 1 N–H and O–H groups in total. The Kier molecular flexibility index (Phi) is 3.92. The van der Waals surface area contributed by atoms with Gasteiger partial charge >= 0.3 is 0 Å². The zero-order chi connectivity index (χ0) is 15.7. The molecule has 1 heterocycles. The molecule has 2 aliphatic rings. The van der Waals surface area contributed by atoms with Crippen molar-refractivity contribution in [2.45, 2.75) is 25.3 Å². The topological polar surface area (TPSA) is 67.9 Å². The van der Waals surface area contributed by atoms with Gasteiger partial charge in [0.1, 0.15) is 0 Å². The van der Waals surface area contributed by atoms with Crippen LogP contribution in [0.25, 0.3) is 0 Å². The lowest BCUT2D eigenvalue weighted by molar-refractivity contribution is -0.122. The third-order valence-electron chi connectivity index (χ3n) is 4.10. The Bertz CT molecular complexity index is 598. The third-order valence-corrected chi connectivity index (χ3v) is 4.10. The van der Waals surface area contributed by atoms with Crippen molar-refractivity contribution in [2.24, 2.45) is 5.92 Å². The van der Waals surface area contributed by atoms with Crippen molar-refractivity contribution in [1.82, 2.24) is 5.32 Å². The first-order valence-electron chi connectivity index (χ1n) is 7.45. The summed E-state index contributed by atoms with van der Waals surface area (Å²) in [5.41, 5.74) is 0.755. The molecule has 6 nitrogen and oxygen atoms in total. The van der Waals surface area contributed by atoms with Gasteiger partial charge in [0, 0.05) is 30.6 Å². The molecule has 6 heteroatoms. The normalized spacial score (nSPS) is 20.9. The molecule has 0 unspecified atom stereocenters. The molecule has 0 aromatic heterocycles. The fourth-order valence-corrected chi connectivity index (χ4v) is 2.71. The fourth-order valence-electron chi connectivity index (χ4n) is 2.71. The second-order valence-electron chi connectivity index (χ2n) is 5.73. The molecule has 1 aliphatic heterocycles. The number of nitrogens with one attached hydrogen (secondary N) is 1. The smallest absolute Gasteiger partial charge is 0.229 e. The van der Waals surface area contributed by atoms with Crippen LogP contribution < -0.4 is 19.7 Å². The minimum absolute atomic E-state index is 0.00770. The molecular weight excluding hydrogens is 284 g/mol. The molecule has 1 atom stereocenters. The maximum Gasteiger partial charge on any atom is 0.229 e. The van der Waals surface area contributed by atoms with Crippen molar-refractivity contribution in [2.75, 3.05) is 25.7 Å². The number of nitrogens with zero attached hydrogens (tertiary/aromatic N) is 1. The van der Waals surface area contributed by atoms with Gasteiger partial charge in [0.05, 0.1) is 20.3 Å². The Morgan fingerprint density at radius 1 is 1.23 bits per heavy atom. The molecule has 0 spiro atoms. The van der Waals surface area contributed by atoms with Gasteiger partial charge in [-0.3, -0.25) is 9.59 Å². The molecule has 2 amide bonds. The van der Waals surface area contributed by atoms with Crippen LogP contribution in [0.4, 0.5) is 5.69 Å². The van der Waals surface area contributed by atoms with Crippen LogP contribution in [0.2, 0.25) is 0 Å². The summed E-state index contributed by atoms with van der Waals surface area (Å²) in [6, 6.07) is 5.26. The molecule has 1 aromatic carbocycles. The van der Waals surface area contributed by atoms with E-state index in [4.69, 9.17) is 9.47 Å². The minimum Gasteiger partial charge on any atom is -0.493 e. The largest absolute Gasteiger partial charge is 0.493 e. The second kappa shape index (κ2) is 5.87. The van der Waals surface area contributed by atoms with Gasteiger partial charge in [0.25, 0.3) is 0 Å². The van der Waals surface area contributed by atoms with E-state index in [0.717, 1.165) is 18.5 Å². The molecule has 3 rings (SSSR count). The van der Waals surface area contributed by atoms with Gasteiger partial charge in [-0.2, -0.15) is 0 Å². The summed E-state index contributed by atoms with van der Waals surface area (Å²) in [6.07, 6.45) is 2.27. The van der Waals surface area contributed by atoms with Crippen molar-refractivity contribution in [3.05, 3.63) is 18.2 Å². The van der Waals surface area contributed by atoms with Crippen LogP contribution in [0.3, 0.4) is 0 Å². The summed E-state index contributed by atoms with van der Waals surface area (Å²) in [5.74, 6) is 1.44. The highest BCUT2D eigenvalue weighted by molar-refractivity contribution is 5.97. The number of methoxy groups -OCH3 is 2. The van der Waals surface area contributed by atoms with Crippen LogP contribution in [0.15, 0.2) is 18.2 Å². The molecule has 2 fully saturated rings. The number of hydrogen-bond acceptors (Lipinski definition) is 4. The summed E-state index contributed by atoms with van der Waals surface area (Å²) in [5, 5.41) is 2.96. The Balaban J connectivity index is 1.71. The molecule has 22 heavy (non-hydrogen) atoms. The van der Waals surface area contributed by atoms with Crippen molar-refractivity contribution in [1.29, 1.82) is 0 Å². The van der Waals surface area contributed by atoms with Gasteiger partial charge in [0.2, 0.25) is 11.8 Å². The van der Waals surface area contributed by atoms with E-state index in [1.165, 1.54) is 0 Å². The number of anilines is 1. The maximum atomic E-state index is 12.2. The summed E-state index contributed by atoms with van der Waals surface area (Å²) in [6.45, 7) is 0.493. The summed E-state index contributed by atoms with van der Waals surface area (Å²) >= 11 is 0. The van der Waals surface area contributed by atoms with Gasteiger partial charge in [-0.05, 0) is 25.0 Å². The monoisotopic (exact) mass is 304 g/mol. The van der Waals surface area contributed by atoms with Crippen LogP contribution in [0.5, 0.6) is 11.5 Å². The van der Waals surface area contributed by atoms with Crippen molar-refractivity contribution >= 4 is 17.5 Å². The Labute approximate surface area is 129 Å². The number of rotatable bonds is 5. The van der Waals surface area contributed by atoms with Crippen LogP contribution in [-0.2, 0) is 9.59 Å². The molecule has 0 bridgehead atoms. The molecule has 1 aliphatic carbocycles. The average Bonchev–Trinajstić information content (AvgIpc) is 3.31. The zero-order valence-corrected chi connectivity index (χ0v) is 12.8. The van der Waals surface area contributed by atoms with Crippen molar-refractivity contribution < 1.29 is 19.1 Å². The van der Waals surface area contributed by atoms with E-state index in [2.05, 4.69) is 5.32 Å². The number of ether oxygens (including phenoxy) is 2. The van der Waals surface area contributed by atoms with E-state index in [0.29, 0.717) is 24.5 Å². The van der Waals surface area contributed by atoms with E-state index < -0.39 is 0 Å². The van der Waals surface area contributed by atoms with Gasteiger partial charge < -0.3 is 19.7 Å². The quantitative estimate of drug-likeness (QED) is 0.891. The van der Waals surface area contributed by atoms with Crippen LogP contribution in [-0.4, -0.2) is 38.6 Å². The van der Waals surface area contributed by atoms with Crippen LogP contribution in [0.1, 0.15) is 19.3 Å². The molecule has 1 aromatic rings. The Hall–Kier alpha value is -2.24. The predicted molar refractivity (Wildman–Crippen MR) is 81.2 cm³/mol. The third kappa shape index (κ3) is 2.86. The van der Waals surface area contributed by atoms with Crippen molar-refractivity contribution in [3.63, 3.8) is 0 Å². The molecule has 0 radical (unpaired) electrons. The van der Waals surface area contributed by atoms with Gasteiger partial charge in [0.15, 0.2) is 11.5 Å². The van der Waals surface area contributed by atoms with E-state index in [1.807, 2.05) is 6.07 Å². The highest BCUT2D eigenvalue weighted by Crippen LogP contribution is 2.33. The van der Waals surface area contributed by atoms with Crippen molar-refractivity contribution in [3.8, 4) is 11.5 Å². The first-order valence-corrected chi connectivity index (χ1v) is 7.45. The first kappa shape index (κ1) is 14.7. The van der Waals surface area contributed by atoms with Crippen LogP contribution >= 0.6 is 0 Å². The average molecular weight is 304 g/mol. The molecule has 118 valence electrons. The molecule has 1 saturated heterocycles. The standard InChI is InChI=1S/C16H20N2O4/c1-21-13-6-5-12(8-14(13)22-2)18-9-11(7-15(18)19)17-16(20)10-3-4-10/h5-6,8,10-11H,3-4,7,9H2,1-2H3,(H,17,20)/t11-/m1/s1. The van der Waals surface area contributed by atoms with Gasteiger partial charge in [-0.1, -0.05) is 0 Å². The summed E-state index contributed by atoms with van der Waals surface area (Å²) in [7, 11) is 3.13. The number of carbonyl (C=O) groups excluding carboxylic acids is 2. The van der Waals surface area contributed by atoms with E-state index in [9.17, 15) is 9.59 Å². The van der Waals surface area contributed by atoms with E-state index in [-0.39, 0.29) is 23.8 Å². The number of carbonyl (C=O) groups is 2. The lowest BCUT2D eigenvalue weighted by Crippen LogP contribution is -2.38. The Morgan fingerprint density at radius 3 is 2.59 bits per heavy atom. The van der Waals surface area contributed by atoms with E-state index >= 15 is 0 Å². The van der Waals surface area contributed by atoms with Gasteiger partial charge in [-0.25, -0.2) is 0 Å². The maximum absolute atomic E-state index is 12.2. The lowest BCUT2D eigenvalue weighted by Gasteiger charge is -2.19. The first-order chi connectivity index (χ1) is 10.6. The fraction of sp³-hybridized carbons (Fsp3) is 0.500. The number of hydrogen-bond donors (Lipinski definition) is 1.